The molecule has 0 radical (unpaired) electrons. The SMILES string of the molecule is C[C@@H]1C(c2cccc(OP(=O)(O)O)c2C2=C(C(=O)OCc3ccc([N+](=O)[O-])cc3)N3O[C@H]([C@@H](C)O[Si](C)(C)C(C)(C)C)[C@H]3[C@@H]2C)=C(C(=O)OCc2ccc([N+](=O)[O-])cc2)N2O[C@H]([C@@H](C)O[Si](C)(C)C(C)(C)C)[C@@H]12. The highest BCUT2D eigenvalue weighted by Crippen LogP contribution is 2.57. The van der Waals surface area contributed by atoms with E-state index in [9.17, 15) is 44.2 Å². The van der Waals surface area contributed by atoms with E-state index in [1.807, 2.05) is 27.7 Å². The van der Waals surface area contributed by atoms with Gasteiger partial charge in [0, 0.05) is 47.2 Å². The summed E-state index contributed by atoms with van der Waals surface area (Å²) >= 11 is 0. The molecule has 7 rings (SSSR count). The molecule has 0 aromatic heterocycles. The number of carbonyl (C=O) groups is 2. The Morgan fingerprint density at radius 1 is 0.685 bits per heavy atom. The van der Waals surface area contributed by atoms with Gasteiger partial charge in [-0.3, -0.25) is 39.7 Å². The molecule has 2 saturated heterocycles. The maximum atomic E-state index is 14.8. The van der Waals surface area contributed by atoms with E-state index in [0.717, 1.165) is 0 Å². The third-order valence-electron chi connectivity index (χ3n) is 15.3. The number of carbonyl (C=O) groups excluding carboxylic acids is 2. The molecule has 396 valence electrons. The van der Waals surface area contributed by atoms with Gasteiger partial charge in [0.25, 0.3) is 11.4 Å². The van der Waals surface area contributed by atoms with Crippen LogP contribution in [0.5, 0.6) is 5.75 Å². The van der Waals surface area contributed by atoms with Crippen LogP contribution in [0, 0.1) is 32.1 Å². The Hall–Kier alpha value is -5.30. The minimum atomic E-state index is -5.33. The van der Waals surface area contributed by atoms with Crippen molar-refractivity contribution in [3.05, 3.63) is 121 Å². The lowest BCUT2D eigenvalue weighted by Crippen LogP contribution is -2.63. The largest absolute Gasteiger partial charge is 0.524 e. The van der Waals surface area contributed by atoms with Crippen molar-refractivity contribution < 1.29 is 66.3 Å². The molecule has 4 aliphatic heterocycles. The number of ether oxygens (including phenoxy) is 2. The Kier molecular flexibility index (Phi) is 15.3. The number of benzene rings is 3. The monoisotopic (exact) mass is 1070 g/mol. The van der Waals surface area contributed by atoms with Crippen molar-refractivity contribution >= 4 is 58.9 Å². The second kappa shape index (κ2) is 20.1. The number of fused-ring (bicyclic) bond motifs is 2. The Morgan fingerprint density at radius 3 is 1.44 bits per heavy atom. The summed E-state index contributed by atoms with van der Waals surface area (Å²) in [5, 5.41) is 25.4. The van der Waals surface area contributed by atoms with Crippen LogP contribution >= 0.6 is 7.82 Å². The number of rotatable bonds is 18. The molecule has 2 fully saturated rings. The van der Waals surface area contributed by atoms with Crippen LogP contribution in [0.2, 0.25) is 36.3 Å². The fourth-order valence-electron chi connectivity index (χ4n) is 9.42. The summed E-state index contributed by atoms with van der Waals surface area (Å²) in [7, 11) is -10.1. The topological polar surface area (TPSA) is 249 Å². The predicted octanol–water partition coefficient (Wildman–Crippen LogP) is 9.97. The number of hydrogen-bond acceptors (Lipinski definition) is 16. The molecule has 20 nitrogen and oxygen atoms in total. The predicted molar refractivity (Wildman–Crippen MR) is 274 cm³/mol. The summed E-state index contributed by atoms with van der Waals surface area (Å²) < 4.78 is 44.0. The van der Waals surface area contributed by atoms with E-state index in [1.165, 1.54) is 70.8 Å². The van der Waals surface area contributed by atoms with Crippen molar-refractivity contribution in [1.29, 1.82) is 0 Å². The second-order valence-electron chi connectivity index (χ2n) is 22.3. The average molecular weight is 1070 g/mol. The first kappa shape index (κ1) is 55.5. The molecule has 0 amide bonds. The standard InChI is InChI=1S/C50H67N4O16PSi2/c1-28-38(43(47(55)64-26-32-18-22-34(23-19-32)53(57)58)51-41(28)45(66-51)30(3)69-72(11,12)49(5,6)7)36-16-15-17-37(68-71(61,62)63)40(36)39-29(2)42-46(31(4)70-73(13,14)50(8,9)10)67-52(42)44(39)48(56)65-27-33-20-24-35(25-21-33)54(59)60/h15-25,28-31,41-42,45-46H,26-27H2,1-14H3,(H2,61,62,63)/t28-,29-,30-,31-,41-,42-,45-,46-/m1/s1. The summed E-state index contributed by atoms with van der Waals surface area (Å²) in [5.41, 5.74) is 1.42. The molecule has 0 bridgehead atoms. The number of nitrogens with zero attached hydrogens (tertiary/aromatic N) is 4. The van der Waals surface area contributed by atoms with Gasteiger partial charge in [-0.2, -0.15) is 0 Å². The van der Waals surface area contributed by atoms with E-state index in [-0.39, 0.29) is 68.5 Å². The van der Waals surface area contributed by atoms with Gasteiger partial charge in [-0.15, -0.1) is 0 Å². The highest BCUT2D eigenvalue weighted by Gasteiger charge is 2.61. The molecule has 2 N–H and O–H groups in total. The number of phosphoric acid groups is 1. The number of nitro benzene ring substituents is 2. The van der Waals surface area contributed by atoms with Crippen LogP contribution in [0.15, 0.2) is 78.1 Å². The number of esters is 2. The van der Waals surface area contributed by atoms with Crippen LogP contribution in [-0.4, -0.2) is 94.8 Å². The van der Waals surface area contributed by atoms with E-state index >= 15 is 0 Å². The van der Waals surface area contributed by atoms with Gasteiger partial charge in [0.2, 0.25) is 0 Å². The molecule has 0 saturated carbocycles. The van der Waals surface area contributed by atoms with Crippen LogP contribution < -0.4 is 4.52 Å². The third-order valence-corrected chi connectivity index (χ3v) is 24.9. The van der Waals surface area contributed by atoms with Crippen molar-refractivity contribution in [2.45, 2.75) is 155 Å². The number of nitro groups is 2. The summed E-state index contributed by atoms with van der Waals surface area (Å²) in [6.07, 6.45) is -2.10. The van der Waals surface area contributed by atoms with E-state index in [1.54, 1.807) is 6.07 Å². The lowest BCUT2D eigenvalue weighted by molar-refractivity contribution is -0.385. The van der Waals surface area contributed by atoms with Gasteiger partial charge in [0.05, 0.1) is 34.1 Å². The quantitative estimate of drug-likeness (QED) is 0.0395. The number of non-ortho nitro benzene ring substituents is 2. The zero-order valence-corrected chi connectivity index (χ0v) is 46.6. The third kappa shape index (κ3) is 10.9. The van der Waals surface area contributed by atoms with Crippen LogP contribution in [0.25, 0.3) is 11.1 Å². The maximum Gasteiger partial charge on any atom is 0.524 e. The van der Waals surface area contributed by atoms with Gasteiger partial charge in [0.1, 0.15) is 31.2 Å². The van der Waals surface area contributed by atoms with Crippen LogP contribution in [0.3, 0.4) is 0 Å². The van der Waals surface area contributed by atoms with Gasteiger partial charge in [-0.05, 0) is 103 Å². The Balaban J connectivity index is 1.38. The molecule has 4 aliphatic rings. The molecule has 0 aliphatic carbocycles. The highest BCUT2D eigenvalue weighted by atomic mass is 31.2. The van der Waals surface area contributed by atoms with Gasteiger partial charge in [0.15, 0.2) is 28.0 Å². The van der Waals surface area contributed by atoms with Crippen molar-refractivity contribution in [3.8, 4) is 5.75 Å². The molecule has 8 atom stereocenters. The van der Waals surface area contributed by atoms with Gasteiger partial charge >= 0.3 is 19.8 Å². The fourth-order valence-corrected chi connectivity index (χ4v) is 12.7. The first-order valence-corrected chi connectivity index (χ1v) is 31.5. The van der Waals surface area contributed by atoms with Crippen molar-refractivity contribution in [2.24, 2.45) is 11.8 Å². The maximum absolute atomic E-state index is 14.8. The Labute approximate surface area is 427 Å². The van der Waals surface area contributed by atoms with Crippen LogP contribution in [-0.2, 0) is 55.4 Å². The van der Waals surface area contributed by atoms with E-state index < -0.39 is 94.6 Å². The van der Waals surface area contributed by atoms with Gasteiger partial charge < -0.3 is 22.8 Å². The van der Waals surface area contributed by atoms with Crippen molar-refractivity contribution in [2.75, 3.05) is 0 Å². The normalized spacial score (nSPS) is 23.0. The Bertz CT molecular complexity index is 2770. The molecule has 23 heteroatoms. The van der Waals surface area contributed by atoms with Gasteiger partial charge in [-0.25, -0.2) is 24.3 Å². The number of phosphoric ester groups is 1. The summed E-state index contributed by atoms with van der Waals surface area (Å²) in [6, 6.07) is 14.5. The summed E-state index contributed by atoms with van der Waals surface area (Å²) in [6.45, 7) is 28.2. The molecule has 0 spiro atoms. The smallest absolute Gasteiger partial charge is 0.456 e. The van der Waals surface area contributed by atoms with Crippen LogP contribution in [0.4, 0.5) is 11.4 Å². The summed E-state index contributed by atoms with van der Waals surface area (Å²) in [4.78, 5) is 85.3. The lowest BCUT2D eigenvalue weighted by atomic mass is 9.79. The zero-order valence-electron chi connectivity index (χ0n) is 43.7. The van der Waals surface area contributed by atoms with E-state index in [4.69, 9.17) is 32.5 Å². The van der Waals surface area contributed by atoms with E-state index in [2.05, 4.69) is 67.7 Å². The summed E-state index contributed by atoms with van der Waals surface area (Å²) in [5.74, 6) is -3.23. The van der Waals surface area contributed by atoms with Crippen molar-refractivity contribution in [1.82, 2.24) is 10.1 Å². The lowest BCUT2D eigenvalue weighted by Gasteiger charge is -2.50. The second-order valence-corrected chi connectivity index (χ2v) is 33.0. The molecule has 3 aromatic rings. The van der Waals surface area contributed by atoms with E-state index in [0.29, 0.717) is 16.7 Å². The molecule has 4 heterocycles. The molecule has 73 heavy (non-hydrogen) atoms. The minimum absolute atomic E-state index is 0.0212. The van der Waals surface area contributed by atoms with Crippen LogP contribution in [0.1, 0.15) is 91.5 Å². The number of hydrogen-bond donors (Lipinski definition) is 2. The minimum Gasteiger partial charge on any atom is -0.456 e. The first-order valence-electron chi connectivity index (χ1n) is 24.2. The first-order chi connectivity index (χ1) is 33.7. The zero-order chi connectivity index (χ0) is 54.1. The Morgan fingerprint density at radius 2 is 1.07 bits per heavy atom. The highest BCUT2D eigenvalue weighted by molar-refractivity contribution is 7.46. The fraction of sp³-hybridized carbons (Fsp3) is 0.520. The van der Waals surface area contributed by atoms with Gasteiger partial charge in [-0.1, -0.05) is 67.5 Å². The molecular weight excluding hydrogens is 1000 g/mol. The number of hydroxylamine groups is 4. The molecule has 0 unspecified atom stereocenters. The van der Waals surface area contributed by atoms with Crippen molar-refractivity contribution in [3.63, 3.8) is 0 Å². The average Bonchev–Trinajstić information content (AvgIpc) is 3.60. The molecule has 3 aromatic carbocycles. The molecular formula is C50H67N4O16PSi2.